The Kier molecular flexibility index (Phi) is 4.04. The van der Waals surface area contributed by atoms with Gasteiger partial charge in [0, 0.05) is 6.54 Å². The highest BCUT2D eigenvalue weighted by Crippen LogP contribution is 2.31. The molecule has 2 atom stereocenters. The second-order valence-electron chi connectivity index (χ2n) is 7.14. The molecule has 3 N–H and O–H groups in total. The molecule has 1 aromatic carbocycles. The van der Waals surface area contributed by atoms with E-state index < -0.39 is 5.54 Å². The quantitative estimate of drug-likeness (QED) is 0.840. The van der Waals surface area contributed by atoms with E-state index in [1.54, 1.807) is 13.8 Å². The third-order valence-corrected chi connectivity index (χ3v) is 4.33. The zero-order valence-electron chi connectivity index (χ0n) is 13.9. The second-order valence-corrected chi connectivity index (χ2v) is 7.14. The number of rotatable bonds is 3. The Morgan fingerprint density at radius 1 is 1.23 bits per heavy atom. The van der Waals surface area contributed by atoms with Crippen LogP contribution in [0.25, 0.3) is 0 Å². The fourth-order valence-electron chi connectivity index (χ4n) is 2.67. The number of nitrogens with one attached hydrogen (secondary N) is 1. The number of imide groups is 1. The largest absolute Gasteiger partial charge is 0.328 e. The van der Waals surface area contributed by atoms with E-state index in [1.165, 1.54) is 10.5 Å². The first-order valence-corrected chi connectivity index (χ1v) is 7.58. The lowest BCUT2D eigenvalue weighted by Gasteiger charge is -2.25. The van der Waals surface area contributed by atoms with Crippen LogP contribution < -0.4 is 11.1 Å². The molecule has 1 fully saturated rings. The van der Waals surface area contributed by atoms with Gasteiger partial charge in [-0.15, -0.1) is 0 Å². The summed E-state index contributed by atoms with van der Waals surface area (Å²) >= 11 is 0. The molecule has 1 heterocycles. The first-order chi connectivity index (χ1) is 10.1. The fraction of sp³-hybridized carbons (Fsp3) is 0.529. The highest BCUT2D eigenvalue weighted by atomic mass is 16.2. The number of urea groups is 1. The van der Waals surface area contributed by atoms with E-state index in [0.29, 0.717) is 0 Å². The molecule has 0 aliphatic carbocycles. The molecule has 0 aromatic heterocycles. The molecule has 0 bridgehead atoms. The van der Waals surface area contributed by atoms with E-state index in [9.17, 15) is 9.59 Å². The molecule has 5 heteroatoms. The van der Waals surface area contributed by atoms with E-state index in [4.69, 9.17) is 5.73 Å². The summed E-state index contributed by atoms with van der Waals surface area (Å²) < 4.78 is 0. The molecule has 0 saturated carbocycles. The van der Waals surface area contributed by atoms with Gasteiger partial charge in [-0.3, -0.25) is 9.69 Å². The van der Waals surface area contributed by atoms with Crippen molar-refractivity contribution in [2.45, 2.75) is 51.6 Å². The topological polar surface area (TPSA) is 75.4 Å². The van der Waals surface area contributed by atoms with Crippen molar-refractivity contribution in [1.82, 2.24) is 10.2 Å². The maximum atomic E-state index is 12.7. The molecule has 0 spiro atoms. The molecule has 0 radical (unpaired) electrons. The maximum Gasteiger partial charge on any atom is 0.325 e. The number of carbonyl (C=O) groups excluding carboxylic acids is 2. The van der Waals surface area contributed by atoms with Gasteiger partial charge in [-0.25, -0.2) is 4.79 Å². The third kappa shape index (κ3) is 2.61. The van der Waals surface area contributed by atoms with Crippen LogP contribution in [0.4, 0.5) is 4.79 Å². The zero-order valence-corrected chi connectivity index (χ0v) is 13.9. The molecule has 1 aliphatic rings. The third-order valence-electron chi connectivity index (χ3n) is 4.33. The molecule has 2 unspecified atom stereocenters. The van der Waals surface area contributed by atoms with E-state index in [2.05, 4.69) is 26.1 Å². The summed E-state index contributed by atoms with van der Waals surface area (Å²) in [5.74, 6) is -0.251. The second kappa shape index (κ2) is 5.39. The van der Waals surface area contributed by atoms with Gasteiger partial charge < -0.3 is 11.1 Å². The molecule has 120 valence electrons. The van der Waals surface area contributed by atoms with Crippen LogP contribution in [0.15, 0.2) is 24.3 Å². The van der Waals surface area contributed by atoms with Crippen molar-refractivity contribution < 1.29 is 9.59 Å². The van der Waals surface area contributed by atoms with Gasteiger partial charge in [0.25, 0.3) is 5.91 Å². The molecule has 3 amide bonds. The van der Waals surface area contributed by atoms with Gasteiger partial charge in [0.2, 0.25) is 0 Å². The first-order valence-electron chi connectivity index (χ1n) is 7.58. The molecule has 5 nitrogen and oxygen atoms in total. The lowest BCUT2D eigenvalue weighted by Crippen LogP contribution is -2.45. The molecule has 1 aromatic rings. The Balaban J connectivity index is 2.36. The normalized spacial score (nSPS) is 23.6. The Bertz CT molecular complexity index is 589. The van der Waals surface area contributed by atoms with Crippen molar-refractivity contribution >= 4 is 11.9 Å². The van der Waals surface area contributed by atoms with Crippen LogP contribution >= 0.6 is 0 Å². The summed E-state index contributed by atoms with van der Waals surface area (Å²) in [6.07, 6.45) is 0. The highest BCUT2D eigenvalue weighted by molar-refractivity contribution is 6.07. The van der Waals surface area contributed by atoms with Gasteiger partial charge in [-0.05, 0) is 30.4 Å². The zero-order chi connectivity index (χ0) is 16.7. The number of amides is 3. The minimum Gasteiger partial charge on any atom is -0.328 e. The van der Waals surface area contributed by atoms with Crippen LogP contribution in [0.1, 0.15) is 45.7 Å². The van der Waals surface area contributed by atoms with E-state index in [1.807, 2.05) is 24.3 Å². The van der Waals surface area contributed by atoms with Crippen molar-refractivity contribution in [3.8, 4) is 0 Å². The Morgan fingerprint density at radius 3 is 2.23 bits per heavy atom. The Hall–Kier alpha value is -1.88. The van der Waals surface area contributed by atoms with Gasteiger partial charge >= 0.3 is 6.03 Å². The Labute approximate surface area is 131 Å². The van der Waals surface area contributed by atoms with Gasteiger partial charge in [-0.1, -0.05) is 45.0 Å². The van der Waals surface area contributed by atoms with Gasteiger partial charge in [-0.2, -0.15) is 0 Å². The van der Waals surface area contributed by atoms with Crippen LogP contribution in [0.2, 0.25) is 0 Å². The fourth-order valence-corrected chi connectivity index (χ4v) is 2.67. The maximum absolute atomic E-state index is 12.7. The molecule has 2 rings (SSSR count). The summed E-state index contributed by atoms with van der Waals surface area (Å²) in [4.78, 5) is 26.1. The van der Waals surface area contributed by atoms with Gasteiger partial charge in [0.1, 0.15) is 5.54 Å². The predicted octanol–water partition coefficient (Wildman–Crippen LogP) is 2.10. The minimum absolute atomic E-state index is 0.0441. The standard InChI is InChI=1S/C17H25N3O2/c1-11(10-18)20-14(21)17(5,19-15(20)22)13-8-6-12(7-9-13)16(2,3)4/h6-9,11H,10,18H2,1-5H3,(H,19,22). The first kappa shape index (κ1) is 16.5. The lowest BCUT2D eigenvalue weighted by molar-refractivity contribution is -0.132. The van der Waals surface area contributed by atoms with Crippen molar-refractivity contribution in [3.05, 3.63) is 35.4 Å². The van der Waals surface area contributed by atoms with Crippen molar-refractivity contribution in [3.63, 3.8) is 0 Å². The number of nitrogens with two attached hydrogens (primary N) is 1. The van der Waals surface area contributed by atoms with Crippen LogP contribution in [0.3, 0.4) is 0 Å². The molecule has 1 saturated heterocycles. The molecular weight excluding hydrogens is 278 g/mol. The summed E-state index contributed by atoms with van der Waals surface area (Å²) in [7, 11) is 0. The summed E-state index contributed by atoms with van der Waals surface area (Å²) in [6.45, 7) is 10.2. The van der Waals surface area contributed by atoms with Crippen LogP contribution in [-0.2, 0) is 15.7 Å². The molecular formula is C17H25N3O2. The van der Waals surface area contributed by atoms with Crippen molar-refractivity contribution in [2.75, 3.05) is 6.54 Å². The van der Waals surface area contributed by atoms with E-state index in [-0.39, 0.29) is 29.9 Å². The minimum atomic E-state index is -1.03. The number of nitrogens with zero attached hydrogens (tertiary/aromatic N) is 1. The van der Waals surface area contributed by atoms with Crippen molar-refractivity contribution in [1.29, 1.82) is 0 Å². The Morgan fingerprint density at radius 2 is 1.77 bits per heavy atom. The molecule has 1 aliphatic heterocycles. The van der Waals surface area contributed by atoms with Gasteiger partial charge in [0.05, 0.1) is 6.04 Å². The lowest BCUT2D eigenvalue weighted by atomic mass is 9.84. The number of hydrogen-bond acceptors (Lipinski definition) is 3. The smallest absolute Gasteiger partial charge is 0.325 e. The SMILES string of the molecule is CC(CN)N1C(=O)NC(C)(c2ccc(C(C)(C)C)cc2)C1=O. The summed E-state index contributed by atoms with van der Waals surface area (Å²) in [5.41, 5.74) is 6.58. The van der Waals surface area contributed by atoms with Crippen molar-refractivity contribution in [2.24, 2.45) is 5.73 Å². The molecule has 22 heavy (non-hydrogen) atoms. The van der Waals surface area contributed by atoms with Crippen LogP contribution in [0, 0.1) is 0 Å². The van der Waals surface area contributed by atoms with E-state index in [0.717, 1.165) is 5.56 Å². The van der Waals surface area contributed by atoms with Gasteiger partial charge in [0.15, 0.2) is 0 Å². The summed E-state index contributed by atoms with van der Waals surface area (Å²) in [6, 6.07) is 7.14. The monoisotopic (exact) mass is 303 g/mol. The number of carbonyl (C=O) groups is 2. The van der Waals surface area contributed by atoms with Crippen LogP contribution in [-0.4, -0.2) is 29.4 Å². The van der Waals surface area contributed by atoms with E-state index >= 15 is 0 Å². The highest BCUT2D eigenvalue weighted by Gasteiger charge is 2.50. The summed E-state index contributed by atoms with van der Waals surface area (Å²) in [5, 5.41) is 2.80. The van der Waals surface area contributed by atoms with Crippen LogP contribution in [0.5, 0.6) is 0 Å². The average molecular weight is 303 g/mol. The predicted molar refractivity (Wildman–Crippen MR) is 86.4 cm³/mol. The number of benzene rings is 1. The number of hydrogen-bond donors (Lipinski definition) is 2. The average Bonchev–Trinajstić information content (AvgIpc) is 2.68.